The van der Waals surface area contributed by atoms with Crippen molar-refractivity contribution in [1.29, 1.82) is 0 Å². The van der Waals surface area contributed by atoms with Gasteiger partial charge in [-0.3, -0.25) is 4.98 Å². The van der Waals surface area contributed by atoms with Gasteiger partial charge in [-0.25, -0.2) is 0 Å². The van der Waals surface area contributed by atoms with Crippen LogP contribution in [0.5, 0.6) is 0 Å². The van der Waals surface area contributed by atoms with Gasteiger partial charge in [-0.2, -0.15) is 0 Å². The molecule has 1 aromatic rings. The number of hydrogen-bond donors (Lipinski definition) is 1. The van der Waals surface area contributed by atoms with Crippen molar-refractivity contribution in [3.63, 3.8) is 0 Å². The molecule has 0 radical (unpaired) electrons. The third-order valence-electron chi connectivity index (χ3n) is 4.33. The zero-order chi connectivity index (χ0) is 14.4. The van der Waals surface area contributed by atoms with Gasteiger partial charge < -0.3 is 10.1 Å². The highest BCUT2D eigenvalue weighted by Gasteiger charge is 2.41. The maximum atomic E-state index is 5.95. The molecule has 1 aliphatic carbocycles. The van der Waals surface area contributed by atoms with Crippen molar-refractivity contribution < 1.29 is 4.74 Å². The molecule has 112 valence electrons. The Hall–Kier alpha value is -0.450. The zero-order valence-electron chi connectivity index (χ0n) is 12.5. The normalized spacial score (nSPS) is 19.1. The lowest BCUT2D eigenvalue weighted by atomic mass is 9.88. The highest BCUT2D eigenvalue weighted by Crippen LogP contribution is 2.36. The van der Waals surface area contributed by atoms with E-state index < -0.39 is 0 Å². The third kappa shape index (κ3) is 3.80. The van der Waals surface area contributed by atoms with Crippen molar-refractivity contribution in [3.05, 3.63) is 28.5 Å². The molecule has 1 heterocycles. The average Bonchev–Trinajstić information content (AvgIpc) is 2.95. The van der Waals surface area contributed by atoms with Crippen LogP contribution in [-0.4, -0.2) is 30.3 Å². The smallest absolute Gasteiger partial charge is 0.0834 e. The first-order valence-corrected chi connectivity index (χ1v) is 8.38. The molecular weight excluding hydrogens is 316 g/mol. The van der Waals surface area contributed by atoms with Crippen LogP contribution in [0.1, 0.15) is 44.7 Å². The lowest BCUT2D eigenvalue weighted by Crippen LogP contribution is -2.52. The molecule has 20 heavy (non-hydrogen) atoms. The highest BCUT2D eigenvalue weighted by molar-refractivity contribution is 9.10. The van der Waals surface area contributed by atoms with E-state index in [4.69, 9.17) is 4.74 Å². The molecule has 0 bridgehead atoms. The van der Waals surface area contributed by atoms with Crippen molar-refractivity contribution in [2.45, 2.75) is 57.1 Å². The van der Waals surface area contributed by atoms with Crippen LogP contribution in [-0.2, 0) is 11.2 Å². The number of pyridine rings is 1. The maximum Gasteiger partial charge on any atom is 0.0834 e. The van der Waals surface area contributed by atoms with Gasteiger partial charge in [-0.1, -0.05) is 19.8 Å². The fourth-order valence-corrected chi connectivity index (χ4v) is 3.40. The van der Waals surface area contributed by atoms with Crippen LogP contribution in [0.25, 0.3) is 0 Å². The number of methoxy groups -OCH3 is 1. The van der Waals surface area contributed by atoms with E-state index in [0.717, 1.165) is 42.4 Å². The van der Waals surface area contributed by atoms with Crippen LogP contribution in [0.15, 0.2) is 22.8 Å². The third-order valence-corrected chi connectivity index (χ3v) is 4.80. The van der Waals surface area contributed by atoms with Crippen LogP contribution in [0, 0.1) is 0 Å². The summed E-state index contributed by atoms with van der Waals surface area (Å²) < 4.78 is 6.98. The molecule has 1 aromatic heterocycles. The number of nitrogens with zero attached hydrogens (tertiary/aromatic N) is 1. The minimum atomic E-state index is -0.01000. The van der Waals surface area contributed by atoms with Crippen molar-refractivity contribution in [2.75, 3.05) is 13.7 Å². The second-order valence-electron chi connectivity index (χ2n) is 5.65. The van der Waals surface area contributed by atoms with Gasteiger partial charge in [0.2, 0.25) is 0 Å². The Morgan fingerprint density at radius 2 is 2.15 bits per heavy atom. The Morgan fingerprint density at radius 1 is 1.40 bits per heavy atom. The van der Waals surface area contributed by atoms with Crippen LogP contribution in [0.2, 0.25) is 0 Å². The molecule has 1 saturated carbocycles. The summed E-state index contributed by atoms with van der Waals surface area (Å²) in [6.07, 6.45) is 8.80. The summed E-state index contributed by atoms with van der Waals surface area (Å²) >= 11 is 3.44. The van der Waals surface area contributed by atoms with Gasteiger partial charge in [0.15, 0.2) is 0 Å². The average molecular weight is 341 g/mol. The summed E-state index contributed by atoms with van der Waals surface area (Å²) in [5.74, 6) is 0. The van der Waals surface area contributed by atoms with E-state index in [1.807, 2.05) is 13.3 Å². The quantitative estimate of drug-likeness (QED) is 0.821. The van der Waals surface area contributed by atoms with Gasteiger partial charge in [-0.15, -0.1) is 0 Å². The minimum absolute atomic E-state index is 0.01000. The molecule has 0 amide bonds. The minimum Gasteiger partial charge on any atom is -0.377 e. The predicted octanol–water partition coefficient (Wildman–Crippen LogP) is 3.71. The van der Waals surface area contributed by atoms with E-state index >= 15 is 0 Å². The zero-order valence-corrected chi connectivity index (χ0v) is 14.1. The molecule has 0 spiro atoms. The standard InChI is InChI=1S/C16H25BrN2O/c1-3-10-18-15(16(20-2)8-4-5-9-16)11-14-7-6-13(17)12-19-14/h6-7,12,15,18H,3-5,8-11H2,1-2H3. The van der Waals surface area contributed by atoms with E-state index in [2.05, 4.69) is 45.3 Å². The largest absolute Gasteiger partial charge is 0.377 e. The monoisotopic (exact) mass is 340 g/mol. The van der Waals surface area contributed by atoms with Gasteiger partial charge in [-0.05, 0) is 53.9 Å². The van der Waals surface area contributed by atoms with E-state index in [9.17, 15) is 0 Å². The van der Waals surface area contributed by atoms with E-state index in [-0.39, 0.29) is 5.60 Å². The number of hydrogen-bond acceptors (Lipinski definition) is 3. The maximum absolute atomic E-state index is 5.95. The first-order chi connectivity index (χ1) is 9.70. The molecule has 1 unspecified atom stereocenters. The summed E-state index contributed by atoms with van der Waals surface area (Å²) in [6, 6.07) is 4.51. The number of ether oxygens (including phenoxy) is 1. The van der Waals surface area contributed by atoms with E-state index in [1.165, 1.54) is 12.8 Å². The van der Waals surface area contributed by atoms with Crippen molar-refractivity contribution in [1.82, 2.24) is 10.3 Å². The topological polar surface area (TPSA) is 34.2 Å². The molecular formula is C16H25BrN2O. The molecule has 0 aromatic carbocycles. The van der Waals surface area contributed by atoms with Gasteiger partial charge in [0.1, 0.15) is 0 Å². The number of halogens is 1. The van der Waals surface area contributed by atoms with Gasteiger partial charge in [0, 0.05) is 35.9 Å². The first-order valence-electron chi connectivity index (χ1n) is 7.59. The van der Waals surface area contributed by atoms with Gasteiger partial charge in [0.05, 0.1) is 5.60 Å². The Balaban J connectivity index is 2.12. The molecule has 3 nitrogen and oxygen atoms in total. The van der Waals surface area contributed by atoms with Crippen LogP contribution < -0.4 is 5.32 Å². The number of aromatic nitrogens is 1. The molecule has 1 fully saturated rings. The molecule has 1 atom stereocenters. The molecule has 1 aliphatic rings. The summed E-state index contributed by atoms with van der Waals surface area (Å²) in [4.78, 5) is 4.52. The van der Waals surface area contributed by atoms with Crippen LogP contribution in [0.3, 0.4) is 0 Å². The Kier molecular flexibility index (Phi) is 6.00. The number of rotatable bonds is 7. The second-order valence-corrected chi connectivity index (χ2v) is 6.57. The van der Waals surface area contributed by atoms with Gasteiger partial charge >= 0.3 is 0 Å². The first kappa shape index (κ1) is 15.9. The van der Waals surface area contributed by atoms with Crippen molar-refractivity contribution >= 4 is 15.9 Å². The van der Waals surface area contributed by atoms with Crippen LogP contribution in [0.4, 0.5) is 0 Å². The highest BCUT2D eigenvalue weighted by atomic mass is 79.9. The fraction of sp³-hybridized carbons (Fsp3) is 0.688. The van der Waals surface area contributed by atoms with Crippen molar-refractivity contribution in [3.8, 4) is 0 Å². The van der Waals surface area contributed by atoms with Crippen molar-refractivity contribution in [2.24, 2.45) is 0 Å². The Labute approximate surface area is 130 Å². The van der Waals surface area contributed by atoms with E-state index in [0.29, 0.717) is 6.04 Å². The molecule has 4 heteroatoms. The molecule has 0 aliphatic heterocycles. The predicted molar refractivity (Wildman–Crippen MR) is 85.9 cm³/mol. The van der Waals surface area contributed by atoms with E-state index in [1.54, 1.807) is 0 Å². The Morgan fingerprint density at radius 3 is 2.70 bits per heavy atom. The lowest BCUT2D eigenvalue weighted by molar-refractivity contribution is -0.0356. The summed E-state index contributed by atoms with van der Waals surface area (Å²) in [5, 5.41) is 3.69. The molecule has 2 rings (SSSR count). The fourth-order valence-electron chi connectivity index (χ4n) is 3.17. The lowest BCUT2D eigenvalue weighted by Gasteiger charge is -2.37. The second kappa shape index (κ2) is 7.53. The molecule has 1 N–H and O–H groups in total. The van der Waals surface area contributed by atoms with Crippen LogP contribution >= 0.6 is 15.9 Å². The number of nitrogens with one attached hydrogen (secondary N) is 1. The van der Waals surface area contributed by atoms with Gasteiger partial charge in [0.25, 0.3) is 0 Å². The SMILES string of the molecule is CCCNC(Cc1ccc(Br)cn1)C1(OC)CCCC1. The Bertz CT molecular complexity index is 401. The summed E-state index contributed by atoms with van der Waals surface area (Å²) in [5.41, 5.74) is 1.12. The summed E-state index contributed by atoms with van der Waals surface area (Å²) in [6.45, 7) is 3.24. The molecule has 0 saturated heterocycles. The summed E-state index contributed by atoms with van der Waals surface area (Å²) in [7, 11) is 1.86.